The Morgan fingerprint density at radius 1 is 1.47 bits per heavy atom. The first kappa shape index (κ1) is 13.3. The SMILES string of the molecule is C=CC(=O)Nc1ccc(F)c(CS(=O)(=O)F)c1. The molecule has 7 heteroatoms. The van der Waals surface area contributed by atoms with Crippen molar-refractivity contribution in [2.24, 2.45) is 0 Å². The van der Waals surface area contributed by atoms with Crippen LogP contribution in [0.1, 0.15) is 5.56 Å². The molecule has 1 amide bonds. The minimum Gasteiger partial charge on any atom is -0.323 e. The number of benzene rings is 1. The molecule has 1 aromatic rings. The zero-order valence-corrected chi connectivity index (χ0v) is 9.43. The highest BCUT2D eigenvalue weighted by molar-refractivity contribution is 7.85. The molecule has 1 rings (SSSR count). The van der Waals surface area contributed by atoms with Crippen LogP contribution in [0.25, 0.3) is 0 Å². The Labute approximate surface area is 97.2 Å². The molecule has 0 bridgehead atoms. The van der Waals surface area contributed by atoms with Crippen LogP contribution in [0.3, 0.4) is 0 Å². The monoisotopic (exact) mass is 261 g/mol. The number of rotatable bonds is 4. The van der Waals surface area contributed by atoms with Crippen molar-refractivity contribution in [2.75, 3.05) is 5.32 Å². The quantitative estimate of drug-likeness (QED) is 0.663. The molecule has 0 radical (unpaired) electrons. The van der Waals surface area contributed by atoms with Crippen molar-refractivity contribution in [2.45, 2.75) is 5.75 Å². The van der Waals surface area contributed by atoms with Crippen LogP contribution in [0.2, 0.25) is 0 Å². The van der Waals surface area contributed by atoms with Gasteiger partial charge in [-0.2, -0.15) is 8.42 Å². The van der Waals surface area contributed by atoms with Gasteiger partial charge in [0.25, 0.3) is 0 Å². The molecule has 0 fully saturated rings. The molecule has 92 valence electrons. The van der Waals surface area contributed by atoms with E-state index in [1.807, 2.05) is 0 Å². The van der Waals surface area contributed by atoms with Gasteiger partial charge in [0, 0.05) is 11.3 Å². The van der Waals surface area contributed by atoms with E-state index in [1.54, 1.807) is 0 Å². The fourth-order valence-corrected chi connectivity index (χ4v) is 1.73. The summed E-state index contributed by atoms with van der Waals surface area (Å²) in [4.78, 5) is 10.9. The van der Waals surface area contributed by atoms with Gasteiger partial charge in [0.1, 0.15) is 11.6 Å². The van der Waals surface area contributed by atoms with Crippen LogP contribution in [-0.4, -0.2) is 14.3 Å². The second kappa shape index (κ2) is 5.05. The van der Waals surface area contributed by atoms with E-state index < -0.39 is 27.7 Å². The summed E-state index contributed by atoms with van der Waals surface area (Å²) >= 11 is 0. The van der Waals surface area contributed by atoms with Gasteiger partial charge in [-0.3, -0.25) is 4.79 Å². The molecule has 1 N–H and O–H groups in total. The summed E-state index contributed by atoms with van der Waals surface area (Å²) in [6.45, 7) is 3.21. The molecule has 4 nitrogen and oxygen atoms in total. The van der Waals surface area contributed by atoms with Gasteiger partial charge in [-0.25, -0.2) is 4.39 Å². The van der Waals surface area contributed by atoms with E-state index in [4.69, 9.17) is 0 Å². The van der Waals surface area contributed by atoms with Crippen molar-refractivity contribution in [3.8, 4) is 0 Å². The first-order chi connectivity index (χ1) is 7.81. The van der Waals surface area contributed by atoms with Crippen LogP contribution in [0, 0.1) is 5.82 Å². The molecule has 1 aromatic carbocycles. The highest BCUT2D eigenvalue weighted by atomic mass is 32.3. The molecule has 0 spiro atoms. The minimum atomic E-state index is -4.82. The van der Waals surface area contributed by atoms with Crippen LogP contribution < -0.4 is 5.32 Å². The summed E-state index contributed by atoms with van der Waals surface area (Å²) in [5.74, 6) is -2.47. The van der Waals surface area contributed by atoms with E-state index in [0.29, 0.717) is 0 Å². The predicted molar refractivity (Wildman–Crippen MR) is 59.0 cm³/mol. The maximum Gasteiger partial charge on any atom is 0.306 e. The number of nitrogens with one attached hydrogen (secondary N) is 1. The molecule has 0 atom stereocenters. The molecule has 0 heterocycles. The molecule has 0 aliphatic carbocycles. The van der Waals surface area contributed by atoms with Gasteiger partial charge < -0.3 is 5.32 Å². The third-order valence-electron chi connectivity index (χ3n) is 1.83. The predicted octanol–water partition coefficient (Wildman–Crippen LogP) is 1.75. The normalized spacial score (nSPS) is 10.9. The van der Waals surface area contributed by atoms with E-state index in [9.17, 15) is 21.5 Å². The molecule has 0 aromatic heterocycles. The summed E-state index contributed by atoms with van der Waals surface area (Å²) < 4.78 is 46.4. The third-order valence-corrected chi connectivity index (χ3v) is 2.48. The van der Waals surface area contributed by atoms with Gasteiger partial charge >= 0.3 is 10.2 Å². The smallest absolute Gasteiger partial charge is 0.306 e. The fourth-order valence-electron chi connectivity index (χ4n) is 1.14. The summed E-state index contributed by atoms with van der Waals surface area (Å²) in [5, 5.41) is 2.30. The van der Waals surface area contributed by atoms with Crippen molar-refractivity contribution in [3.63, 3.8) is 0 Å². The molecular formula is C10H9F2NO3S. The standard InChI is InChI=1S/C10H9F2NO3S/c1-2-10(14)13-8-3-4-9(11)7(5-8)6-17(12,15)16/h2-5H,1,6H2,(H,13,14). The van der Waals surface area contributed by atoms with Crippen molar-refractivity contribution >= 4 is 21.8 Å². The highest BCUT2D eigenvalue weighted by Gasteiger charge is 2.13. The maximum absolute atomic E-state index is 13.2. The Morgan fingerprint density at radius 3 is 2.65 bits per heavy atom. The lowest BCUT2D eigenvalue weighted by Gasteiger charge is -2.05. The lowest BCUT2D eigenvalue weighted by Crippen LogP contribution is -2.08. The number of carbonyl (C=O) groups is 1. The molecule has 0 saturated heterocycles. The Bertz CT molecular complexity index is 555. The van der Waals surface area contributed by atoms with Crippen LogP contribution in [-0.2, 0) is 20.8 Å². The Hall–Kier alpha value is -1.76. The van der Waals surface area contributed by atoms with E-state index >= 15 is 0 Å². The number of hydrogen-bond acceptors (Lipinski definition) is 3. The number of halogens is 2. The number of amides is 1. The van der Waals surface area contributed by atoms with Crippen molar-refractivity contribution in [3.05, 3.63) is 42.2 Å². The molecule has 0 unspecified atom stereocenters. The van der Waals surface area contributed by atoms with E-state index in [0.717, 1.165) is 18.2 Å². The number of hydrogen-bond donors (Lipinski definition) is 1. The summed E-state index contributed by atoms with van der Waals surface area (Å²) in [5.41, 5.74) is -0.190. The molecular weight excluding hydrogens is 252 g/mol. The van der Waals surface area contributed by atoms with Gasteiger partial charge in [-0.1, -0.05) is 6.58 Å². The van der Waals surface area contributed by atoms with Gasteiger partial charge in [-0.15, -0.1) is 3.89 Å². The van der Waals surface area contributed by atoms with Gasteiger partial charge in [-0.05, 0) is 24.3 Å². The highest BCUT2D eigenvalue weighted by Crippen LogP contribution is 2.17. The number of carbonyl (C=O) groups excluding carboxylic acids is 1. The van der Waals surface area contributed by atoms with Gasteiger partial charge in [0.2, 0.25) is 5.91 Å². The first-order valence-corrected chi connectivity index (χ1v) is 6.01. The van der Waals surface area contributed by atoms with Gasteiger partial charge in [0.05, 0.1) is 0 Å². The van der Waals surface area contributed by atoms with Crippen molar-refractivity contribution < 1.29 is 21.5 Å². The maximum atomic E-state index is 13.2. The minimum absolute atomic E-state index is 0.162. The van der Waals surface area contributed by atoms with Crippen LogP contribution in [0.4, 0.5) is 14.0 Å². The second-order valence-corrected chi connectivity index (χ2v) is 4.55. The Morgan fingerprint density at radius 2 is 2.12 bits per heavy atom. The number of anilines is 1. The third kappa shape index (κ3) is 4.31. The van der Waals surface area contributed by atoms with E-state index in [2.05, 4.69) is 11.9 Å². The average Bonchev–Trinajstić information content (AvgIpc) is 2.21. The molecule has 0 aliphatic heterocycles. The van der Waals surface area contributed by atoms with Crippen molar-refractivity contribution in [1.82, 2.24) is 0 Å². The largest absolute Gasteiger partial charge is 0.323 e. The Kier molecular flexibility index (Phi) is 3.95. The summed E-state index contributed by atoms with van der Waals surface area (Å²) in [6.07, 6.45) is 0.995. The van der Waals surface area contributed by atoms with Crippen LogP contribution in [0.5, 0.6) is 0 Å². The Balaban J connectivity index is 3.02. The summed E-state index contributed by atoms with van der Waals surface area (Å²) in [7, 11) is -4.82. The fraction of sp³-hybridized carbons (Fsp3) is 0.100. The van der Waals surface area contributed by atoms with Crippen LogP contribution >= 0.6 is 0 Å². The van der Waals surface area contributed by atoms with Crippen LogP contribution in [0.15, 0.2) is 30.9 Å². The van der Waals surface area contributed by atoms with E-state index in [1.165, 1.54) is 6.07 Å². The molecule has 17 heavy (non-hydrogen) atoms. The van der Waals surface area contributed by atoms with Gasteiger partial charge in [0.15, 0.2) is 0 Å². The molecule has 0 saturated carbocycles. The van der Waals surface area contributed by atoms with E-state index in [-0.39, 0.29) is 11.3 Å². The lowest BCUT2D eigenvalue weighted by atomic mass is 10.2. The lowest BCUT2D eigenvalue weighted by molar-refractivity contribution is -0.111. The summed E-state index contributed by atoms with van der Waals surface area (Å²) in [6, 6.07) is 3.22. The molecule has 0 aliphatic rings. The zero-order valence-electron chi connectivity index (χ0n) is 8.61. The second-order valence-electron chi connectivity index (χ2n) is 3.18. The van der Waals surface area contributed by atoms with Crippen molar-refractivity contribution in [1.29, 1.82) is 0 Å². The topological polar surface area (TPSA) is 63.2 Å². The zero-order chi connectivity index (χ0) is 13.1. The average molecular weight is 261 g/mol. The first-order valence-electron chi connectivity index (χ1n) is 4.46.